The fourth-order valence-electron chi connectivity index (χ4n) is 2.46. The number of hydrogen-bond acceptors (Lipinski definition) is 7. The van der Waals surface area contributed by atoms with Crippen molar-refractivity contribution in [3.8, 4) is 11.5 Å². The zero-order valence-corrected chi connectivity index (χ0v) is 20.2. The van der Waals surface area contributed by atoms with Crippen molar-refractivity contribution in [1.82, 2.24) is 4.90 Å². The van der Waals surface area contributed by atoms with Crippen LogP contribution in [0.2, 0.25) is 0 Å². The molecule has 1 heterocycles. The number of carbonyl (C=O) groups is 3. The fraction of sp³-hybridized carbons (Fsp3) is 0.450. The standard InChI is InChI=1S/C20H24INO6S/c1-11(2)27-17-13(21)7-12(8-14(17)26-6)9-15-18(24)22(19(25)29-15)10-16(23)28-20(3,4)5/h7-9,11H,10H2,1-6H3. The van der Waals surface area contributed by atoms with Crippen LogP contribution in [-0.2, 0) is 14.3 Å². The molecule has 1 saturated heterocycles. The normalized spacial score (nSPS) is 16.0. The molecule has 1 fully saturated rings. The first kappa shape index (κ1) is 23.5. The summed E-state index contributed by atoms with van der Waals surface area (Å²) in [6.45, 7) is 8.59. The van der Waals surface area contributed by atoms with Crippen LogP contribution in [0.15, 0.2) is 17.0 Å². The van der Waals surface area contributed by atoms with Crippen molar-refractivity contribution in [2.45, 2.75) is 46.3 Å². The van der Waals surface area contributed by atoms with Crippen molar-refractivity contribution in [3.05, 3.63) is 26.2 Å². The first-order chi connectivity index (χ1) is 13.4. The maximum absolute atomic E-state index is 12.6. The van der Waals surface area contributed by atoms with Gasteiger partial charge in [0, 0.05) is 0 Å². The van der Waals surface area contributed by atoms with Crippen molar-refractivity contribution in [2.24, 2.45) is 0 Å². The first-order valence-corrected chi connectivity index (χ1v) is 10.8. The smallest absolute Gasteiger partial charge is 0.326 e. The number of esters is 1. The second-order valence-corrected chi connectivity index (χ2v) is 9.71. The monoisotopic (exact) mass is 533 g/mol. The van der Waals surface area contributed by atoms with Crippen molar-refractivity contribution in [3.63, 3.8) is 0 Å². The molecule has 1 aliphatic rings. The third-order valence-corrected chi connectivity index (χ3v) is 5.19. The van der Waals surface area contributed by atoms with Crippen LogP contribution in [0.1, 0.15) is 40.2 Å². The molecule has 158 valence electrons. The minimum Gasteiger partial charge on any atom is -0.493 e. The van der Waals surface area contributed by atoms with E-state index in [1.54, 1.807) is 32.9 Å². The van der Waals surface area contributed by atoms with E-state index in [4.69, 9.17) is 14.2 Å². The summed E-state index contributed by atoms with van der Waals surface area (Å²) in [5, 5.41) is -0.506. The van der Waals surface area contributed by atoms with Crippen LogP contribution in [0.25, 0.3) is 6.08 Å². The molecule has 9 heteroatoms. The molecule has 7 nitrogen and oxygen atoms in total. The second kappa shape index (κ2) is 9.38. The lowest BCUT2D eigenvalue weighted by Gasteiger charge is -2.21. The molecule has 0 spiro atoms. The van der Waals surface area contributed by atoms with E-state index in [0.717, 1.165) is 20.2 Å². The molecule has 0 saturated carbocycles. The van der Waals surface area contributed by atoms with Crippen LogP contribution in [0.3, 0.4) is 0 Å². The number of carbonyl (C=O) groups excluding carboxylic acids is 3. The number of halogens is 1. The topological polar surface area (TPSA) is 82.1 Å². The number of amides is 2. The summed E-state index contributed by atoms with van der Waals surface area (Å²) in [4.78, 5) is 38.0. The molecule has 0 aliphatic carbocycles. The number of imide groups is 1. The van der Waals surface area contributed by atoms with Gasteiger partial charge in [-0.1, -0.05) is 0 Å². The van der Waals surface area contributed by atoms with Crippen molar-refractivity contribution >= 4 is 57.5 Å². The highest BCUT2D eigenvalue weighted by Crippen LogP contribution is 2.37. The maximum atomic E-state index is 12.6. The number of methoxy groups -OCH3 is 1. The van der Waals surface area contributed by atoms with Crippen LogP contribution in [0.4, 0.5) is 4.79 Å². The molecule has 1 aromatic rings. The van der Waals surface area contributed by atoms with E-state index in [1.165, 1.54) is 7.11 Å². The summed E-state index contributed by atoms with van der Waals surface area (Å²) in [5.74, 6) is -0.00194. The molecule has 1 aromatic carbocycles. The number of thioether (sulfide) groups is 1. The average molecular weight is 533 g/mol. The lowest BCUT2D eigenvalue weighted by atomic mass is 10.1. The summed E-state index contributed by atoms with van der Waals surface area (Å²) >= 11 is 2.92. The molecule has 0 aromatic heterocycles. The van der Waals surface area contributed by atoms with E-state index >= 15 is 0 Å². The fourth-order valence-corrected chi connectivity index (χ4v) is 4.05. The minimum atomic E-state index is -0.693. The van der Waals surface area contributed by atoms with Gasteiger partial charge in [0.15, 0.2) is 11.5 Å². The van der Waals surface area contributed by atoms with Gasteiger partial charge in [-0.15, -0.1) is 0 Å². The Bertz CT molecular complexity index is 859. The predicted octanol–water partition coefficient (Wildman–Crippen LogP) is 4.47. The van der Waals surface area contributed by atoms with Crippen molar-refractivity contribution in [1.29, 1.82) is 0 Å². The van der Waals surface area contributed by atoms with Crippen LogP contribution >= 0.6 is 34.4 Å². The number of nitrogens with zero attached hydrogens (tertiary/aromatic N) is 1. The zero-order chi connectivity index (χ0) is 21.9. The molecule has 29 heavy (non-hydrogen) atoms. The van der Waals surface area contributed by atoms with Gasteiger partial charge in [-0.05, 0) is 92.7 Å². The molecule has 1 aliphatic heterocycles. The Labute approximate surface area is 188 Å². The van der Waals surface area contributed by atoms with Gasteiger partial charge < -0.3 is 14.2 Å². The largest absolute Gasteiger partial charge is 0.493 e. The lowest BCUT2D eigenvalue weighted by molar-refractivity contribution is -0.156. The molecular formula is C20H24INO6S. The van der Waals surface area contributed by atoms with Crippen LogP contribution < -0.4 is 9.47 Å². The minimum absolute atomic E-state index is 0.0207. The Kier molecular flexibility index (Phi) is 7.61. The first-order valence-electron chi connectivity index (χ1n) is 8.92. The molecule has 0 atom stereocenters. The highest BCUT2D eigenvalue weighted by atomic mass is 127. The zero-order valence-electron chi connectivity index (χ0n) is 17.2. The van der Waals surface area contributed by atoms with Crippen LogP contribution in [0, 0.1) is 3.57 Å². The van der Waals surface area contributed by atoms with Gasteiger partial charge in [-0.2, -0.15) is 0 Å². The Morgan fingerprint density at radius 2 is 1.93 bits per heavy atom. The quantitative estimate of drug-likeness (QED) is 0.303. The van der Waals surface area contributed by atoms with E-state index < -0.39 is 29.3 Å². The summed E-state index contributed by atoms with van der Waals surface area (Å²) in [5.41, 5.74) is -0.00740. The summed E-state index contributed by atoms with van der Waals surface area (Å²) in [7, 11) is 1.54. The Morgan fingerprint density at radius 3 is 2.48 bits per heavy atom. The number of benzene rings is 1. The summed E-state index contributed by atoms with van der Waals surface area (Å²) < 4.78 is 17.2. The highest BCUT2D eigenvalue weighted by Gasteiger charge is 2.37. The predicted molar refractivity (Wildman–Crippen MR) is 120 cm³/mol. The van der Waals surface area contributed by atoms with Gasteiger partial charge in [-0.25, -0.2) is 0 Å². The SMILES string of the molecule is COc1cc(C=C2SC(=O)N(CC(=O)OC(C)(C)C)C2=O)cc(I)c1OC(C)C. The molecule has 2 rings (SSSR count). The van der Waals surface area contributed by atoms with Crippen LogP contribution in [-0.4, -0.2) is 47.4 Å². The Balaban J connectivity index is 2.25. The third-order valence-electron chi connectivity index (χ3n) is 3.48. The van der Waals surface area contributed by atoms with Gasteiger partial charge in [0.25, 0.3) is 11.1 Å². The Morgan fingerprint density at radius 1 is 1.28 bits per heavy atom. The van der Waals surface area contributed by atoms with E-state index in [-0.39, 0.29) is 11.0 Å². The maximum Gasteiger partial charge on any atom is 0.326 e. The molecule has 0 bridgehead atoms. The van der Waals surface area contributed by atoms with Gasteiger partial charge >= 0.3 is 5.97 Å². The molecule has 0 N–H and O–H groups in total. The Hall–Kier alpha value is -1.75. The highest BCUT2D eigenvalue weighted by molar-refractivity contribution is 14.1. The number of rotatable bonds is 6. The third kappa shape index (κ3) is 6.36. The summed E-state index contributed by atoms with van der Waals surface area (Å²) in [6.07, 6.45) is 1.58. The lowest BCUT2D eigenvalue weighted by Crippen LogP contribution is -2.37. The number of ether oxygens (including phenoxy) is 3. The molecule has 0 unspecified atom stereocenters. The molecule has 0 radical (unpaired) electrons. The molecule has 2 amide bonds. The van der Waals surface area contributed by atoms with Crippen molar-refractivity contribution in [2.75, 3.05) is 13.7 Å². The van der Waals surface area contributed by atoms with E-state index in [9.17, 15) is 14.4 Å². The van der Waals surface area contributed by atoms with E-state index in [0.29, 0.717) is 17.1 Å². The average Bonchev–Trinajstić information content (AvgIpc) is 2.82. The van der Waals surface area contributed by atoms with Crippen LogP contribution in [0.5, 0.6) is 11.5 Å². The van der Waals surface area contributed by atoms with Gasteiger partial charge in [0.2, 0.25) is 0 Å². The molecular weight excluding hydrogens is 509 g/mol. The van der Waals surface area contributed by atoms with Crippen molar-refractivity contribution < 1.29 is 28.6 Å². The summed E-state index contributed by atoms with van der Waals surface area (Å²) in [6, 6.07) is 3.57. The van der Waals surface area contributed by atoms with Gasteiger partial charge in [-0.3, -0.25) is 19.3 Å². The second-order valence-electron chi connectivity index (χ2n) is 7.56. The van der Waals surface area contributed by atoms with Gasteiger partial charge in [0.1, 0.15) is 12.1 Å². The van der Waals surface area contributed by atoms with E-state index in [2.05, 4.69) is 22.6 Å². The van der Waals surface area contributed by atoms with Gasteiger partial charge in [0.05, 0.1) is 21.7 Å². The van der Waals surface area contributed by atoms with E-state index in [1.807, 2.05) is 19.9 Å². The number of hydrogen-bond donors (Lipinski definition) is 0.